The maximum Gasteiger partial charge on any atom is 0.258 e. The summed E-state index contributed by atoms with van der Waals surface area (Å²) in [6.07, 6.45) is 0. The van der Waals surface area contributed by atoms with Crippen molar-refractivity contribution in [3.8, 4) is 5.75 Å². The molecular weight excluding hydrogens is 461 g/mol. The molecule has 1 aromatic heterocycles. The van der Waals surface area contributed by atoms with E-state index in [4.69, 9.17) is 4.74 Å². The first-order chi connectivity index (χ1) is 15.9. The minimum atomic E-state index is -0.584. The molecule has 0 aliphatic heterocycles. The smallest absolute Gasteiger partial charge is 0.258 e. The van der Waals surface area contributed by atoms with Crippen LogP contribution in [0.2, 0.25) is 0 Å². The van der Waals surface area contributed by atoms with Crippen LogP contribution in [0.1, 0.15) is 17.3 Å². The maximum atomic E-state index is 13.8. The van der Waals surface area contributed by atoms with Crippen LogP contribution in [0.25, 0.3) is 10.2 Å². The number of benzene rings is 3. The number of anilines is 2. The van der Waals surface area contributed by atoms with Gasteiger partial charge in [0.1, 0.15) is 11.6 Å². The number of hydrogen-bond acceptors (Lipinski definition) is 6. The molecule has 2 amide bonds. The lowest BCUT2D eigenvalue weighted by Gasteiger charge is -2.12. The van der Waals surface area contributed by atoms with E-state index < -0.39 is 17.0 Å². The number of carbonyl (C=O) groups excluding carboxylic acids is 2. The number of amides is 2. The number of aromatic nitrogens is 1. The van der Waals surface area contributed by atoms with E-state index in [9.17, 15) is 14.0 Å². The monoisotopic (exact) mass is 481 g/mol. The largest absolute Gasteiger partial charge is 0.497 e. The zero-order chi connectivity index (χ0) is 23.4. The van der Waals surface area contributed by atoms with Gasteiger partial charge in [0.05, 0.1) is 28.1 Å². The summed E-state index contributed by atoms with van der Waals surface area (Å²) in [5.74, 6) is -0.575. The highest BCUT2D eigenvalue weighted by atomic mass is 32.2. The van der Waals surface area contributed by atoms with Crippen molar-refractivity contribution in [3.63, 3.8) is 0 Å². The molecule has 0 radical (unpaired) electrons. The predicted molar refractivity (Wildman–Crippen MR) is 131 cm³/mol. The van der Waals surface area contributed by atoms with E-state index in [1.807, 2.05) is 24.3 Å². The van der Waals surface area contributed by atoms with E-state index in [0.717, 1.165) is 20.9 Å². The topological polar surface area (TPSA) is 80.3 Å². The van der Waals surface area contributed by atoms with E-state index in [-0.39, 0.29) is 11.5 Å². The zero-order valence-corrected chi connectivity index (χ0v) is 19.4. The molecular formula is C24H20FN3O3S2. The van der Waals surface area contributed by atoms with Crippen LogP contribution in [0.5, 0.6) is 5.75 Å². The molecule has 6 nitrogen and oxygen atoms in total. The normalized spacial score (nSPS) is 11.7. The summed E-state index contributed by atoms with van der Waals surface area (Å²) in [7, 11) is 1.60. The Hall–Kier alpha value is -3.43. The number of rotatable bonds is 7. The Kier molecular flexibility index (Phi) is 6.90. The molecule has 4 aromatic rings. The number of methoxy groups -OCH3 is 1. The Morgan fingerprint density at radius 3 is 2.67 bits per heavy atom. The number of thioether (sulfide) groups is 1. The Bertz CT molecular complexity index is 1330. The third kappa shape index (κ3) is 5.50. The highest BCUT2D eigenvalue weighted by Crippen LogP contribution is 2.31. The average Bonchev–Trinajstić information content (AvgIpc) is 3.20. The van der Waals surface area contributed by atoms with Gasteiger partial charge in [0, 0.05) is 10.6 Å². The average molecular weight is 482 g/mol. The first-order valence-electron chi connectivity index (χ1n) is 10.0. The lowest BCUT2D eigenvalue weighted by molar-refractivity contribution is -0.115. The van der Waals surface area contributed by atoms with Crippen LogP contribution in [0.4, 0.5) is 15.2 Å². The van der Waals surface area contributed by atoms with Gasteiger partial charge in [-0.15, -0.1) is 11.8 Å². The Morgan fingerprint density at radius 2 is 1.88 bits per heavy atom. The van der Waals surface area contributed by atoms with Crippen molar-refractivity contribution in [1.82, 2.24) is 4.98 Å². The van der Waals surface area contributed by atoms with Crippen LogP contribution >= 0.6 is 23.1 Å². The summed E-state index contributed by atoms with van der Waals surface area (Å²) < 4.78 is 20.0. The fourth-order valence-corrected chi connectivity index (χ4v) is 4.86. The third-order valence-electron chi connectivity index (χ3n) is 4.72. The van der Waals surface area contributed by atoms with Crippen LogP contribution < -0.4 is 15.4 Å². The van der Waals surface area contributed by atoms with Crippen molar-refractivity contribution in [2.75, 3.05) is 17.7 Å². The van der Waals surface area contributed by atoms with Crippen LogP contribution in [0.15, 0.2) is 71.6 Å². The van der Waals surface area contributed by atoms with E-state index in [1.54, 1.807) is 38.3 Å². The fourth-order valence-electron chi connectivity index (χ4n) is 3.04. The summed E-state index contributed by atoms with van der Waals surface area (Å²) in [4.78, 5) is 30.3. The summed E-state index contributed by atoms with van der Waals surface area (Å²) in [5, 5.41) is 5.66. The number of hydrogen-bond donors (Lipinski definition) is 2. The first-order valence-corrected chi connectivity index (χ1v) is 11.7. The molecule has 168 valence electrons. The number of fused-ring (bicyclic) bond motifs is 1. The molecule has 1 atom stereocenters. The number of carbonyl (C=O) groups is 2. The first kappa shape index (κ1) is 22.8. The molecule has 0 bridgehead atoms. The van der Waals surface area contributed by atoms with Crippen LogP contribution in [-0.2, 0) is 4.79 Å². The fraction of sp³-hybridized carbons (Fsp3) is 0.125. The molecule has 1 unspecified atom stereocenters. The Balaban J connectivity index is 1.40. The molecule has 0 saturated heterocycles. The van der Waals surface area contributed by atoms with Gasteiger partial charge in [-0.3, -0.25) is 9.59 Å². The van der Waals surface area contributed by atoms with Gasteiger partial charge in [-0.05, 0) is 55.5 Å². The molecule has 0 saturated carbocycles. The molecule has 9 heteroatoms. The maximum absolute atomic E-state index is 13.8. The Morgan fingerprint density at radius 1 is 1.06 bits per heavy atom. The predicted octanol–water partition coefficient (Wildman–Crippen LogP) is 5.82. The van der Waals surface area contributed by atoms with Crippen molar-refractivity contribution in [1.29, 1.82) is 0 Å². The minimum absolute atomic E-state index is 0.0308. The molecule has 33 heavy (non-hydrogen) atoms. The molecule has 3 aromatic carbocycles. The van der Waals surface area contributed by atoms with Crippen molar-refractivity contribution in [2.45, 2.75) is 17.1 Å². The summed E-state index contributed by atoms with van der Waals surface area (Å²) in [6.45, 7) is 1.79. The van der Waals surface area contributed by atoms with Gasteiger partial charge < -0.3 is 15.4 Å². The van der Waals surface area contributed by atoms with Crippen LogP contribution in [-0.4, -0.2) is 29.2 Å². The van der Waals surface area contributed by atoms with Crippen LogP contribution in [0, 0.1) is 5.82 Å². The second kappa shape index (κ2) is 10.0. The van der Waals surface area contributed by atoms with Gasteiger partial charge in [0.15, 0.2) is 5.13 Å². The van der Waals surface area contributed by atoms with E-state index in [1.165, 1.54) is 41.3 Å². The van der Waals surface area contributed by atoms with E-state index >= 15 is 0 Å². The zero-order valence-electron chi connectivity index (χ0n) is 17.8. The summed E-state index contributed by atoms with van der Waals surface area (Å²) in [5.41, 5.74) is 1.27. The summed E-state index contributed by atoms with van der Waals surface area (Å²) in [6, 6.07) is 18.4. The molecule has 0 spiro atoms. The third-order valence-corrected chi connectivity index (χ3v) is 6.75. The minimum Gasteiger partial charge on any atom is -0.497 e. The molecule has 0 aliphatic rings. The molecule has 0 aliphatic carbocycles. The summed E-state index contributed by atoms with van der Waals surface area (Å²) >= 11 is 2.72. The quantitative estimate of drug-likeness (QED) is 0.325. The Labute approximate surface area is 198 Å². The van der Waals surface area contributed by atoms with Crippen molar-refractivity contribution < 1.29 is 18.7 Å². The van der Waals surface area contributed by atoms with Gasteiger partial charge in [-0.25, -0.2) is 9.37 Å². The molecule has 0 fully saturated rings. The standard InChI is InChI=1S/C24H20FN3O3S2/c1-14(22(29)28-24-27-20-11-10-16(31-2)13-21(20)33-24)32-17-7-5-6-15(12-17)26-23(30)18-8-3-4-9-19(18)25/h3-14H,1-2H3,(H,26,30)(H,27,28,29). The lowest BCUT2D eigenvalue weighted by atomic mass is 10.2. The lowest BCUT2D eigenvalue weighted by Crippen LogP contribution is -2.22. The highest BCUT2D eigenvalue weighted by Gasteiger charge is 2.17. The number of halogens is 1. The molecule has 2 N–H and O–H groups in total. The van der Waals surface area contributed by atoms with Gasteiger partial charge >= 0.3 is 0 Å². The van der Waals surface area contributed by atoms with Gasteiger partial charge in [-0.2, -0.15) is 0 Å². The molecule has 1 heterocycles. The number of nitrogens with one attached hydrogen (secondary N) is 2. The van der Waals surface area contributed by atoms with Gasteiger partial charge in [0.25, 0.3) is 5.91 Å². The van der Waals surface area contributed by atoms with Gasteiger partial charge in [-0.1, -0.05) is 29.5 Å². The second-order valence-electron chi connectivity index (χ2n) is 7.06. The van der Waals surface area contributed by atoms with Crippen LogP contribution in [0.3, 0.4) is 0 Å². The van der Waals surface area contributed by atoms with E-state index in [2.05, 4.69) is 15.6 Å². The van der Waals surface area contributed by atoms with Crippen molar-refractivity contribution >= 4 is 55.9 Å². The number of ether oxygens (including phenoxy) is 1. The second-order valence-corrected chi connectivity index (χ2v) is 9.51. The SMILES string of the molecule is COc1ccc2nc(NC(=O)C(C)Sc3cccc(NC(=O)c4ccccc4F)c3)sc2c1. The number of thiazole rings is 1. The highest BCUT2D eigenvalue weighted by molar-refractivity contribution is 8.00. The van der Waals surface area contributed by atoms with Gasteiger partial charge in [0.2, 0.25) is 5.91 Å². The molecule has 4 rings (SSSR count). The van der Waals surface area contributed by atoms with Crippen molar-refractivity contribution in [3.05, 3.63) is 78.1 Å². The van der Waals surface area contributed by atoms with Crippen molar-refractivity contribution in [2.24, 2.45) is 0 Å². The van der Waals surface area contributed by atoms with E-state index in [0.29, 0.717) is 10.8 Å². The number of nitrogens with zero attached hydrogens (tertiary/aromatic N) is 1.